The molecule has 0 aliphatic heterocycles. The van der Waals surface area contributed by atoms with Crippen molar-refractivity contribution in [3.8, 4) is 0 Å². The number of carbonyl (C=O) groups is 1. The van der Waals surface area contributed by atoms with Crippen molar-refractivity contribution in [2.75, 3.05) is 7.05 Å². The molecule has 0 aromatic carbocycles. The van der Waals surface area contributed by atoms with Gasteiger partial charge in [0.05, 0.1) is 0 Å². The highest BCUT2D eigenvalue weighted by Crippen LogP contribution is 2.20. The molecule has 13 heavy (non-hydrogen) atoms. The smallest absolute Gasteiger partial charge is 0.227 e. The normalized spacial score (nSPS) is 14.5. The third kappa shape index (κ3) is 3.37. The minimum Gasteiger partial charge on any atom is -0.342 e. The van der Waals surface area contributed by atoms with Crippen LogP contribution < -0.4 is 0 Å². The topological polar surface area (TPSA) is 20.3 Å². The SMILES string of the molecule is CC(C)[C@@H](C)N(C)C(=O)C(C)(C)C. The summed E-state index contributed by atoms with van der Waals surface area (Å²) in [5, 5.41) is 0. The summed E-state index contributed by atoms with van der Waals surface area (Å²) in [7, 11) is 1.89. The molecule has 0 aliphatic rings. The largest absolute Gasteiger partial charge is 0.342 e. The average Bonchev–Trinajstić information content (AvgIpc) is 1.98. The Balaban J connectivity index is 4.44. The molecular weight excluding hydrogens is 162 g/mol. The lowest BCUT2D eigenvalue weighted by Gasteiger charge is -2.33. The van der Waals surface area contributed by atoms with Gasteiger partial charge >= 0.3 is 0 Å². The lowest BCUT2D eigenvalue weighted by Crippen LogP contribution is -2.44. The Labute approximate surface area is 82.3 Å². The van der Waals surface area contributed by atoms with Crippen LogP contribution in [-0.2, 0) is 4.79 Å². The summed E-state index contributed by atoms with van der Waals surface area (Å²) in [6.45, 7) is 12.2. The second-order valence-electron chi connectivity index (χ2n) is 5.15. The van der Waals surface area contributed by atoms with E-state index in [0.717, 1.165) is 0 Å². The molecule has 0 radical (unpaired) electrons. The van der Waals surface area contributed by atoms with E-state index in [1.807, 2.05) is 32.7 Å². The van der Waals surface area contributed by atoms with Crippen LogP contribution in [0.3, 0.4) is 0 Å². The Bertz CT molecular complexity index is 179. The summed E-state index contributed by atoms with van der Waals surface area (Å²) in [6.07, 6.45) is 0. The van der Waals surface area contributed by atoms with Gasteiger partial charge in [0.2, 0.25) is 5.91 Å². The van der Waals surface area contributed by atoms with E-state index in [1.54, 1.807) is 0 Å². The molecule has 1 atom stereocenters. The molecule has 0 saturated heterocycles. The molecule has 0 fully saturated rings. The van der Waals surface area contributed by atoms with Crippen molar-refractivity contribution < 1.29 is 4.79 Å². The van der Waals surface area contributed by atoms with E-state index in [1.165, 1.54) is 0 Å². The van der Waals surface area contributed by atoms with Crippen LogP contribution >= 0.6 is 0 Å². The summed E-state index contributed by atoms with van der Waals surface area (Å²) < 4.78 is 0. The molecule has 0 N–H and O–H groups in total. The van der Waals surface area contributed by atoms with Gasteiger partial charge in [0.1, 0.15) is 0 Å². The number of carbonyl (C=O) groups excluding carboxylic acids is 1. The third-order valence-corrected chi connectivity index (χ3v) is 2.54. The van der Waals surface area contributed by atoms with Crippen molar-refractivity contribution in [1.29, 1.82) is 0 Å². The molecule has 0 aliphatic carbocycles. The number of rotatable bonds is 2. The van der Waals surface area contributed by atoms with Crippen molar-refractivity contribution >= 4 is 5.91 Å². The maximum Gasteiger partial charge on any atom is 0.227 e. The Kier molecular flexibility index (Phi) is 3.95. The minimum atomic E-state index is -0.266. The van der Waals surface area contributed by atoms with Crippen LogP contribution in [-0.4, -0.2) is 23.9 Å². The van der Waals surface area contributed by atoms with Crippen LogP contribution in [0.2, 0.25) is 0 Å². The summed E-state index contributed by atoms with van der Waals surface area (Å²) in [4.78, 5) is 13.7. The molecule has 0 saturated carbocycles. The lowest BCUT2D eigenvalue weighted by atomic mass is 9.93. The predicted octanol–water partition coefficient (Wildman–Crippen LogP) is 2.54. The highest BCUT2D eigenvalue weighted by atomic mass is 16.2. The molecule has 78 valence electrons. The molecule has 0 aromatic heterocycles. The summed E-state index contributed by atoms with van der Waals surface area (Å²) >= 11 is 0. The second kappa shape index (κ2) is 4.12. The van der Waals surface area contributed by atoms with Crippen LogP contribution in [0.5, 0.6) is 0 Å². The van der Waals surface area contributed by atoms with Gasteiger partial charge in [-0.05, 0) is 12.8 Å². The van der Waals surface area contributed by atoms with E-state index < -0.39 is 0 Å². The van der Waals surface area contributed by atoms with Crippen molar-refractivity contribution in [1.82, 2.24) is 4.90 Å². The van der Waals surface area contributed by atoms with Crippen LogP contribution in [0.15, 0.2) is 0 Å². The van der Waals surface area contributed by atoms with Crippen LogP contribution in [0, 0.1) is 11.3 Å². The van der Waals surface area contributed by atoms with Gasteiger partial charge in [0.15, 0.2) is 0 Å². The van der Waals surface area contributed by atoms with Gasteiger partial charge in [-0.15, -0.1) is 0 Å². The Morgan fingerprint density at radius 2 is 1.54 bits per heavy atom. The van der Waals surface area contributed by atoms with Gasteiger partial charge in [-0.25, -0.2) is 0 Å². The van der Waals surface area contributed by atoms with Crippen LogP contribution in [0.1, 0.15) is 41.5 Å². The first kappa shape index (κ1) is 12.5. The van der Waals surface area contributed by atoms with Gasteiger partial charge < -0.3 is 4.90 Å². The highest BCUT2D eigenvalue weighted by molar-refractivity contribution is 5.81. The summed E-state index contributed by atoms with van der Waals surface area (Å²) in [5.41, 5.74) is -0.266. The van der Waals surface area contributed by atoms with Crippen molar-refractivity contribution in [2.45, 2.75) is 47.6 Å². The van der Waals surface area contributed by atoms with Gasteiger partial charge in [-0.3, -0.25) is 4.79 Å². The zero-order valence-electron chi connectivity index (χ0n) is 10.0. The minimum absolute atomic E-state index is 0.216. The molecule has 1 amide bonds. The fourth-order valence-electron chi connectivity index (χ4n) is 1.16. The lowest BCUT2D eigenvalue weighted by molar-refractivity contribution is -0.140. The molecule has 2 heteroatoms. The van der Waals surface area contributed by atoms with E-state index in [-0.39, 0.29) is 11.3 Å². The summed E-state index contributed by atoms with van der Waals surface area (Å²) in [5.74, 6) is 0.727. The fourth-order valence-corrected chi connectivity index (χ4v) is 1.16. The van der Waals surface area contributed by atoms with Gasteiger partial charge in [-0.2, -0.15) is 0 Å². The third-order valence-electron chi connectivity index (χ3n) is 2.54. The number of amides is 1. The zero-order valence-corrected chi connectivity index (χ0v) is 10.0. The molecule has 0 spiro atoms. The summed E-state index contributed by atoms with van der Waals surface area (Å²) in [6, 6.07) is 0.312. The predicted molar refractivity (Wildman–Crippen MR) is 56.5 cm³/mol. The van der Waals surface area contributed by atoms with E-state index in [9.17, 15) is 4.79 Å². The molecule has 0 unspecified atom stereocenters. The fraction of sp³-hybridized carbons (Fsp3) is 0.909. The maximum absolute atomic E-state index is 11.8. The van der Waals surface area contributed by atoms with Gasteiger partial charge in [0.25, 0.3) is 0 Å². The Morgan fingerprint density at radius 1 is 1.15 bits per heavy atom. The van der Waals surface area contributed by atoms with Crippen molar-refractivity contribution in [2.24, 2.45) is 11.3 Å². The monoisotopic (exact) mass is 185 g/mol. The van der Waals surface area contributed by atoms with Crippen LogP contribution in [0.25, 0.3) is 0 Å². The maximum atomic E-state index is 11.8. The Morgan fingerprint density at radius 3 is 1.77 bits per heavy atom. The number of hydrogen-bond acceptors (Lipinski definition) is 1. The van der Waals surface area contributed by atoms with E-state index in [0.29, 0.717) is 12.0 Å². The zero-order chi connectivity index (χ0) is 10.8. The number of hydrogen-bond donors (Lipinski definition) is 0. The quantitative estimate of drug-likeness (QED) is 0.647. The average molecular weight is 185 g/mol. The molecular formula is C11H23NO. The molecule has 0 heterocycles. The van der Waals surface area contributed by atoms with Gasteiger partial charge in [0, 0.05) is 18.5 Å². The first-order valence-electron chi connectivity index (χ1n) is 4.95. The molecule has 2 nitrogen and oxygen atoms in total. The standard InChI is InChI=1S/C11H23NO/c1-8(2)9(3)12(7)10(13)11(4,5)6/h8-9H,1-7H3/t9-/m1/s1. The van der Waals surface area contributed by atoms with Crippen molar-refractivity contribution in [3.63, 3.8) is 0 Å². The molecule has 0 aromatic rings. The van der Waals surface area contributed by atoms with E-state index in [4.69, 9.17) is 0 Å². The molecule has 0 rings (SSSR count). The van der Waals surface area contributed by atoms with Crippen LogP contribution in [0.4, 0.5) is 0 Å². The van der Waals surface area contributed by atoms with E-state index in [2.05, 4.69) is 20.8 Å². The highest BCUT2D eigenvalue weighted by Gasteiger charge is 2.28. The molecule has 0 bridgehead atoms. The first-order valence-corrected chi connectivity index (χ1v) is 4.95. The first-order chi connectivity index (χ1) is 5.68. The van der Waals surface area contributed by atoms with Gasteiger partial charge in [-0.1, -0.05) is 34.6 Å². The number of nitrogens with zero attached hydrogens (tertiary/aromatic N) is 1. The second-order valence-corrected chi connectivity index (χ2v) is 5.15. The van der Waals surface area contributed by atoms with E-state index >= 15 is 0 Å². The Hall–Kier alpha value is -0.530. The van der Waals surface area contributed by atoms with Crippen molar-refractivity contribution in [3.05, 3.63) is 0 Å².